The van der Waals surface area contributed by atoms with Crippen LogP contribution in [0.2, 0.25) is 0 Å². The summed E-state index contributed by atoms with van der Waals surface area (Å²) in [6, 6.07) is 3.81. The van der Waals surface area contributed by atoms with Crippen molar-refractivity contribution in [2.24, 2.45) is 0 Å². The number of phenols is 1. The van der Waals surface area contributed by atoms with E-state index in [9.17, 15) is 9.90 Å². The van der Waals surface area contributed by atoms with E-state index in [1.165, 1.54) is 44.9 Å². The van der Waals surface area contributed by atoms with Gasteiger partial charge in [-0.15, -0.1) is 0 Å². The maximum atomic E-state index is 10.9. The average molecular weight is 276 g/mol. The number of aryl methyl sites for hydroxylation is 2. The van der Waals surface area contributed by atoms with Crippen LogP contribution >= 0.6 is 0 Å². The number of unbranched alkanes of at least 4 members (excludes halogenated alkanes) is 7. The molecule has 0 heterocycles. The van der Waals surface area contributed by atoms with Gasteiger partial charge in [-0.1, -0.05) is 57.9 Å². The molecular weight excluding hydrogens is 248 g/mol. The molecule has 2 heteroatoms. The van der Waals surface area contributed by atoms with Crippen molar-refractivity contribution in [2.45, 2.75) is 71.6 Å². The molecular formula is C18H28O2. The maximum absolute atomic E-state index is 10.9. The predicted molar refractivity (Wildman–Crippen MR) is 84.5 cm³/mol. The number of rotatable bonds is 10. The van der Waals surface area contributed by atoms with E-state index in [-0.39, 0.29) is 5.75 Å². The lowest BCUT2D eigenvalue weighted by Gasteiger charge is -2.07. The Hall–Kier alpha value is -1.31. The lowest BCUT2D eigenvalue weighted by atomic mass is 10.00. The molecule has 0 amide bonds. The normalized spacial score (nSPS) is 10.7. The van der Waals surface area contributed by atoms with E-state index in [1.807, 2.05) is 19.1 Å². The summed E-state index contributed by atoms with van der Waals surface area (Å²) in [7, 11) is 0. The topological polar surface area (TPSA) is 37.3 Å². The molecule has 1 aromatic rings. The molecule has 2 nitrogen and oxygen atoms in total. The quantitative estimate of drug-likeness (QED) is 0.471. The van der Waals surface area contributed by atoms with Gasteiger partial charge < -0.3 is 5.11 Å². The molecule has 0 bridgehead atoms. The highest BCUT2D eigenvalue weighted by Crippen LogP contribution is 2.23. The zero-order valence-electron chi connectivity index (χ0n) is 13.0. The van der Waals surface area contributed by atoms with Gasteiger partial charge in [0, 0.05) is 0 Å². The summed E-state index contributed by atoms with van der Waals surface area (Å²) in [4.78, 5) is 10.9. The third-order valence-electron chi connectivity index (χ3n) is 3.84. The van der Waals surface area contributed by atoms with Crippen LogP contribution in [0.3, 0.4) is 0 Å². The summed E-state index contributed by atoms with van der Waals surface area (Å²) in [5.41, 5.74) is 2.37. The third kappa shape index (κ3) is 5.77. The van der Waals surface area contributed by atoms with Crippen LogP contribution in [0.25, 0.3) is 0 Å². The van der Waals surface area contributed by atoms with E-state index in [4.69, 9.17) is 0 Å². The maximum Gasteiger partial charge on any atom is 0.153 e. The van der Waals surface area contributed by atoms with Gasteiger partial charge >= 0.3 is 0 Å². The van der Waals surface area contributed by atoms with E-state index >= 15 is 0 Å². The summed E-state index contributed by atoms with van der Waals surface area (Å²) in [6.07, 6.45) is 12.2. The Kier molecular flexibility index (Phi) is 8.01. The number of phenolic OH excluding ortho intramolecular Hbond substituents is 1. The average Bonchev–Trinajstić information content (AvgIpc) is 2.45. The first-order chi connectivity index (χ1) is 9.69. The Morgan fingerprint density at radius 3 is 2.20 bits per heavy atom. The molecule has 0 spiro atoms. The third-order valence-corrected chi connectivity index (χ3v) is 3.84. The standard InChI is InChI=1S/C18H28O2/c1-3-4-5-6-7-8-9-10-11-16-12-15(2)18(20)17(13-16)14-19/h12-14,20H,3-11H2,1-2H3. The number of benzene rings is 1. The van der Waals surface area contributed by atoms with E-state index < -0.39 is 0 Å². The van der Waals surface area contributed by atoms with Crippen LogP contribution in [0, 0.1) is 6.92 Å². The lowest BCUT2D eigenvalue weighted by molar-refractivity contribution is 0.112. The largest absolute Gasteiger partial charge is 0.507 e. The smallest absolute Gasteiger partial charge is 0.153 e. The molecule has 0 saturated carbocycles. The van der Waals surface area contributed by atoms with Gasteiger partial charge in [0.25, 0.3) is 0 Å². The molecule has 0 saturated heterocycles. The zero-order valence-corrected chi connectivity index (χ0v) is 13.0. The summed E-state index contributed by atoms with van der Waals surface area (Å²) in [6.45, 7) is 4.09. The van der Waals surface area contributed by atoms with Gasteiger partial charge in [-0.2, -0.15) is 0 Å². The molecule has 0 aromatic heterocycles. The van der Waals surface area contributed by atoms with Gasteiger partial charge in [-0.25, -0.2) is 0 Å². The van der Waals surface area contributed by atoms with Gasteiger partial charge in [0.05, 0.1) is 5.56 Å². The number of aldehydes is 1. The highest BCUT2D eigenvalue weighted by atomic mass is 16.3. The predicted octanol–water partition coefficient (Wildman–Crippen LogP) is 5.20. The van der Waals surface area contributed by atoms with Crippen molar-refractivity contribution in [2.75, 3.05) is 0 Å². The molecule has 0 aliphatic carbocycles. The monoisotopic (exact) mass is 276 g/mol. The van der Waals surface area contributed by atoms with Gasteiger partial charge in [0.15, 0.2) is 6.29 Å². The molecule has 1 rings (SSSR count). The van der Waals surface area contributed by atoms with Gasteiger partial charge in [-0.3, -0.25) is 4.79 Å². The molecule has 1 N–H and O–H groups in total. The molecule has 0 fully saturated rings. The summed E-state index contributed by atoms with van der Waals surface area (Å²) >= 11 is 0. The summed E-state index contributed by atoms with van der Waals surface area (Å²) in [5, 5.41) is 9.70. The Balaban J connectivity index is 2.25. The van der Waals surface area contributed by atoms with Crippen molar-refractivity contribution in [1.82, 2.24) is 0 Å². The molecule has 0 aliphatic heterocycles. The number of carbonyl (C=O) groups excluding carboxylic acids is 1. The first-order valence-electron chi connectivity index (χ1n) is 7.96. The van der Waals surface area contributed by atoms with Crippen LogP contribution < -0.4 is 0 Å². The lowest BCUT2D eigenvalue weighted by Crippen LogP contribution is -1.92. The van der Waals surface area contributed by atoms with Crippen LogP contribution in [0.5, 0.6) is 5.75 Å². The Bertz CT molecular complexity index is 410. The van der Waals surface area contributed by atoms with Gasteiger partial charge in [0.1, 0.15) is 5.75 Å². The molecule has 0 unspecified atom stereocenters. The molecule has 112 valence electrons. The molecule has 20 heavy (non-hydrogen) atoms. The Labute approximate surface area is 123 Å². The van der Waals surface area contributed by atoms with E-state index in [2.05, 4.69) is 6.92 Å². The first kappa shape index (κ1) is 16.7. The minimum Gasteiger partial charge on any atom is -0.507 e. The fourth-order valence-corrected chi connectivity index (χ4v) is 2.58. The van der Waals surface area contributed by atoms with Crippen molar-refractivity contribution < 1.29 is 9.90 Å². The minimum absolute atomic E-state index is 0.125. The number of carbonyl (C=O) groups is 1. The first-order valence-corrected chi connectivity index (χ1v) is 7.96. The molecule has 0 atom stereocenters. The zero-order chi connectivity index (χ0) is 14.8. The van der Waals surface area contributed by atoms with Gasteiger partial charge in [0.2, 0.25) is 0 Å². The van der Waals surface area contributed by atoms with E-state index in [0.717, 1.165) is 30.3 Å². The van der Waals surface area contributed by atoms with Crippen LogP contribution in [0.4, 0.5) is 0 Å². The van der Waals surface area contributed by atoms with Crippen LogP contribution in [-0.4, -0.2) is 11.4 Å². The minimum atomic E-state index is 0.125. The fourth-order valence-electron chi connectivity index (χ4n) is 2.58. The highest BCUT2D eigenvalue weighted by molar-refractivity contribution is 5.80. The highest BCUT2D eigenvalue weighted by Gasteiger charge is 2.06. The molecule has 1 aromatic carbocycles. The van der Waals surface area contributed by atoms with Crippen molar-refractivity contribution in [1.29, 1.82) is 0 Å². The second-order valence-corrected chi connectivity index (χ2v) is 5.69. The summed E-state index contributed by atoms with van der Waals surface area (Å²) in [5.74, 6) is 0.125. The second-order valence-electron chi connectivity index (χ2n) is 5.69. The van der Waals surface area contributed by atoms with Crippen molar-refractivity contribution in [3.8, 4) is 5.75 Å². The van der Waals surface area contributed by atoms with E-state index in [1.54, 1.807) is 0 Å². The van der Waals surface area contributed by atoms with Crippen molar-refractivity contribution in [3.05, 3.63) is 28.8 Å². The molecule has 0 aliphatic rings. The fraction of sp³-hybridized carbons (Fsp3) is 0.611. The van der Waals surface area contributed by atoms with Crippen LogP contribution in [-0.2, 0) is 6.42 Å². The Morgan fingerprint density at radius 1 is 1.00 bits per heavy atom. The van der Waals surface area contributed by atoms with Crippen LogP contribution in [0.15, 0.2) is 12.1 Å². The van der Waals surface area contributed by atoms with Crippen LogP contribution in [0.1, 0.15) is 79.8 Å². The summed E-state index contributed by atoms with van der Waals surface area (Å²) < 4.78 is 0. The number of hydrogen-bond acceptors (Lipinski definition) is 2. The van der Waals surface area contributed by atoms with Crippen molar-refractivity contribution >= 4 is 6.29 Å². The Morgan fingerprint density at radius 2 is 1.60 bits per heavy atom. The molecule has 0 radical (unpaired) electrons. The number of aromatic hydroxyl groups is 1. The van der Waals surface area contributed by atoms with E-state index in [0.29, 0.717) is 5.56 Å². The van der Waals surface area contributed by atoms with Gasteiger partial charge in [-0.05, 0) is 37.0 Å². The number of hydrogen-bond donors (Lipinski definition) is 1. The second kappa shape index (κ2) is 9.57. The SMILES string of the molecule is CCCCCCCCCCc1cc(C)c(O)c(C=O)c1. The van der Waals surface area contributed by atoms with Crippen molar-refractivity contribution in [3.63, 3.8) is 0 Å².